The predicted octanol–water partition coefficient (Wildman–Crippen LogP) is 3.03. The first-order valence-electron chi connectivity index (χ1n) is 4.26. The zero-order chi connectivity index (χ0) is 12.0. The van der Waals surface area contributed by atoms with Gasteiger partial charge in [-0.25, -0.2) is 0 Å². The molecule has 0 unspecified atom stereocenters. The van der Waals surface area contributed by atoms with Crippen molar-refractivity contribution < 1.29 is 23.1 Å². The Morgan fingerprint density at radius 2 is 1.93 bits per heavy atom. The Hall–Kier alpha value is -0.710. The third-order valence-electron chi connectivity index (χ3n) is 2.77. The van der Waals surface area contributed by atoms with Crippen molar-refractivity contribution in [2.45, 2.75) is 20.0 Å². The molecule has 6 heteroatoms. The van der Waals surface area contributed by atoms with Gasteiger partial charge in [0.15, 0.2) is 0 Å². The minimum absolute atomic E-state index is 0.649. The summed E-state index contributed by atoms with van der Waals surface area (Å²) in [4.78, 5) is 10.7. The lowest BCUT2D eigenvalue weighted by atomic mass is 10.1. The lowest BCUT2D eigenvalue weighted by molar-refractivity contribution is -0.139. The third kappa shape index (κ3) is 2.27. The van der Waals surface area contributed by atoms with Crippen molar-refractivity contribution in [2.24, 2.45) is 17.3 Å². The maximum Gasteiger partial charge on any atom is 0.426 e. The van der Waals surface area contributed by atoms with Crippen LogP contribution in [0.2, 0.25) is 0 Å². The maximum absolute atomic E-state index is 12.1. The number of carboxylic acid groups (broad SMARTS) is 1. The van der Waals surface area contributed by atoms with E-state index in [0.717, 1.165) is 6.08 Å². The summed E-state index contributed by atoms with van der Waals surface area (Å²) in [5.41, 5.74) is -0.656. The van der Waals surface area contributed by atoms with Gasteiger partial charge in [0, 0.05) is 0 Å². The van der Waals surface area contributed by atoms with E-state index in [4.69, 9.17) is 16.7 Å². The van der Waals surface area contributed by atoms with Crippen LogP contribution in [0.3, 0.4) is 0 Å². The molecule has 0 radical (unpaired) electrons. The monoisotopic (exact) mass is 242 g/mol. The van der Waals surface area contributed by atoms with Crippen molar-refractivity contribution in [3.8, 4) is 0 Å². The molecule has 0 spiro atoms. The molecular formula is C9H10ClF3O2. The number of hydrogen-bond donors (Lipinski definition) is 1. The topological polar surface area (TPSA) is 37.3 Å². The van der Waals surface area contributed by atoms with Gasteiger partial charge in [-0.05, 0) is 11.3 Å². The first-order chi connectivity index (χ1) is 6.58. The van der Waals surface area contributed by atoms with Gasteiger partial charge in [-0.3, -0.25) is 4.79 Å². The molecule has 1 N–H and O–H groups in total. The average molecular weight is 243 g/mol. The summed E-state index contributed by atoms with van der Waals surface area (Å²) in [5, 5.41) is 7.48. The Morgan fingerprint density at radius 1 is 1.47 bits per heavy atom. The van der Waals surface area contributed by atoms with E-state index in [1.807, 2.05) is 0 Å². The first kappa shape index (κ1) is 12.4. The molecule has 0 amide bonds. The molecule has 1 saturated carbocycles. The number of carbonyl (C=O) groups is 1. The molecule has 1 aliphatic rings. The van der Waals surface area contributed by atoms with Crippen LogP contribution in [0.1, 0.15) is 13.8 Å². The summed E-state index contributed by atoms with van der Waals surface area (Å²) >= 11 is 5.03. The van der Waals surface area contributed by atoms with Gasteiger partial charge in [0.25, 0.3) is 0 Å². The lowest BCUT2D eigenvalue weighted by Crippen LogP contribution is -2.07. The summed E-state index contributed by atoms with van der Waals surface area (Å²) in [6, 6.07) is 0. The van der Waals surface area contributed by atoms with E-state index in [1.165, 1.54) is 0 Å². The van der Waals surface area contributed by atoms with Gasteiger partial charge >= 0.3 is 12.1 Å². The van der Waals surface area contributed by atoms with E-state index in [-0.39, 0.29) is 0 Å². The second kappa shape index (κ2) is 3.40. The summed E-state index contributed by atoms with van der Waals surface area (Å²) in [6.45, 7) is 3.21. The maximum atomic E-state index is 12.1. The second-order valence-electron chi connectivity index (χ2n) is 4.18. The summed E-state index contributed by atoms with van der Waals surface area (Å²) in [7, 11) is 0. The van der Waals surface area contributed by atoms with Crippen molar-refractivity contribution in [2.75, 3.05) is 0 Å². The van der Waals surface area contributed by atoms with Crippen LogP contribution >= 0.6 is 11.6 Å². The van der Waals surface area contributed by atoms with Gasteiger partial charge in [0.05, 0.1) is 5.92 Å². The Bertz CT molecular complexity index is 320. The molecule has 1 aliphatic carbocycles. The Labute approximate surface area is 89.7 Å². The molecule has 0 bridgehead atoms. The SMILES string of the molecule is CC1(C)[C@H](C(=O)O)[C@@H]1/C=C(/Cl)C(F)(F)F. The lowest BCUT2D eigenvalue weighted by Gasteiger charge is -2.04. The fourth-order valence-corrected chi connectivity index (χ4v) is 1.85. The average Bonchev–Trinajstić information content (AvgIpc) is 2.50. The fourth-order valence-electron chi connectivity index (χ4n) is 1.71. The van der Waals surface area contributed by atoms with Gasteiger partial charge in [-0.15, -0.1) is 0 Å². The molecule has 0 heterocycles. The van der Waals surface area contributed by atoms with Crippen molar-refractivity contribution in [1.82, 2.24) is 0 Å². The number of hydrogen-bond acceptors (Lipinski definition) is 1. The summed E-state index contributed by atoms with van der Waals surface area (Å²) in [6.07, 6.45) is -3.80. The van der Waals surface area contributed by atoms with E-state index >= 15 is 0 Å². The highest BCUT2D eigenvalue weighted by Gasteiger charge is 2.61. The van der Waals surface area contributed by atoms with Crippen molar-refractivity contribution in [3.05, 3.63) is 11.1 Å². The smallest absolute Gasteiger partial charge is 0.426 e. The highest BCUT2D eigenvalue weighted by atomic mass is 35.5. The van der Waals surface area contributed by atoms with Gasteiger partial charge in [0.2, 0.25) is 0 Å². The molecule has 0 aromatic heterocycles. The molecule has 15 heavy (non-hydrogen) atoms. The molecule has 2 nitrogen and oxygen atoms in total. The van der Waals surface area contributed by atoms with Gasteiger partial charge in [0.1, 0.15) is 5.03 Å². The van der Waals surface area contributed by atoms with Crippen LogP contribution in [-0.4, -0.2) is 17.3 Å². The number of alkyl halides is 3. The molecule has 0 aromatic rings. The number of halogens is 4. The van der Waals surface area contributed by atoms with E-state index in [0.29, 0.717) is 0 Å². The van der Waals surface area contributed by atoms with Gasteiger partial charge in [-0.1, -0.05) is 31.5 Å². The molecular weight excluding hydrogens is 233 g/mol. The third-order valence-corrected chi connectivity index (χ3v) is 3.11. The van der Waals surface area contributed by atoms with Crippen molar-refractivity contribution >= 4 is 17.6 Å². The first-order valence-corrected chi connectivity index (χ1v) is 4.63. The van der Waals surface area contributed by atoms with Crippen molar-refractivity contribution in [3.63, 3.8) is 0 Å². The van der Waals surface area contributed by atoms with Crippen LogP contribution in [0.4, 0.5) is 13.2 Å². The molecule has 1 fully saturated rings. The van der Waals surface area contributed by atoms with Crippen LogP contribution in [0.15, 0.2) is 11.1 Å². The summed E-state index contributed by atoms with van der Waals surface area (Å²) in [5.74, 6) is -2.52. The van der Waals surface area contributed by atoms with E-state index in [2.05, 4.69) is 0 Å². The standard InChI is InChI=1S/C9H10ClF3O2/c1-8(2)4(6(8)7(14)15)3-5(10)9(11,12)13/h3-4,6H,1-2H3,(H,14,15)/b5-3+/t4-,6-/m0/s1. The van der Waals surface area contributed by atoms with Crippen LogP contribution in [0.25, 0.3) is 0 Å². The number of rotatable bonds is 2. The largest absolute Gasteiger partial charge is 0.481 e. The zero-order valence-corrected chi connectivity index (χ0v) is 8.86. The van der Waals surface area contributed by atoms with E-state index in [9.17, 15) is 18.0 Å². The summed E-state index contributed by atoms with van der Waals surface area (Å²) < 4.78 is 36.2. The molecule has 0 aliphatic heterocycles. The minimum Gasteiger partial charge on any atom is -0.481 e. The Balaban J connectivity index is 2.83. The van der Waals surface area contributed by atoms with E-state index < -0.39 is 34.4 Å². The van der Waals surface area contributed by atoms with Crippen LogP contribution < -0.4 is 0 Å². The van der Waals surface area contributed by atoms with Crippen molar-refractivity contribution in [1.29, 1.82) is 0 Å². The van der Waals surface area contributed by atoms with Gasteiger partial charge in [-0.2, -0.15) is 13.2 Å². The number of allylic oxidation sites excluding steroid dienone is 2. The zero-order valence-electron chi connectivity index (χ0n) is 8.10. The molecule has 86 valence electrons. The predicted molar refractivity (Wildman–Crippen MR) is 48.4 cm³/mol. The Kier molecular flexibility index (Phi) is 2.80. The van der Waals surface area contributed by atoms with Crippen LogP contribution in [-0.2, 0) is 4.79 Å². The number of carboxylic acids is 1. The molecule has 0 aromatic carbocycles. The van der Waals surface area contributed by atoms with Crippen LogP contribution in [0, 0.1) is 17.3 Å². The minimum atomic E-state index is -4.59. The van der Waals surface area contributed by atoms with E-state index in [1.54, 1.807) is 13.8 Å². The highest BCUT2D eigenvalue weighted by molar-refractivity contribution is 6.30. The molecule has 1 rings (SSSR count). The quantitative estimate of drug-likeness (QED) is 0.808. The second-order valence-corrected chi connectivity index (χ2v) is 4.58. The number of aliphatic carboxylic acids is 1. The Morgan fingerprint density at radius 3 is 2.20 bits per heavy atom. The highest BCUT2D eigenvalue weighted by Crippen LogP contribution is 2.60. The molecule has 0 saturated heterocycles. The normalized spacial score (nSPS) is 30.1. The van der Waals surface area contributed by atoms with Crippen LogP contribution in [0.5, 0.6) is 0 Å². The van der Waals surface area contributed by atoms with Gasteiger partial charge < -0.3 is 5.11 Å². The molecule has 2 atom stereocenters. The fraction of sp³-hybridized carbons (Fsp3) is 0.667.